The first-order valence-corrected chi connectivity index (χ1v) is 6.18. The predicted molar refractivity (Wildman–Crippen MR) is 76.1 cm³/mol. The van der Waals surface area contributed by atoms with E-state index in [-0.39, 0.29) is 0 Å². The van der Waals surface area contributed by atoms with E-state index >= 15 is 0 Å². The topological polar surface area (TPSA) is 42.7 Å². The van der Waals surface area contributed by atoms with Crippen LogP contribution in [0, 0.1) is 0 Å². The van der Waals surface area contributed by atoms with Crippen LogP contribution in [0.15, 0.2) is 61.1 Å². The molecule has 0 aliphatic rings. The summed E-state index contributed by atoms with van der Waals surface area (Å²) >= 11 is 5.86. The Morgan fingerprint density at radius 3 is 2.63 bits per heavy atom. The summed E-state index contributed by atoms with van der Waals surface area (Å²) in [4.78, 5) is 4.04. The highest BCUT2D eigenvalue weighted by Crippen LogP contribution is 2.16. The Bertz CT molecular complexity index is 661. The average molecular weight is 271 g/mol. The molecule has 4 nitrogen and oxygen atoms in total. The van der Waals surface area contributed by atoms with Gasteiger partial charge in [0.25, 0.3) is 0 Å². The summed E-state index contributed by atoms with van der Waals surface area (Å²) in [6, 6.07) is 13.2. The van der Waals surface area contributed by atoms with Gasteiger partial charge in [0.1, 0.15) is 0 Å². The second-order valence-electron chi connectivity index (χ2n) is 3.99. The Balaban J connectivity index is 1.82. The molecule has 0 fully saturated rings. The summed E-state index contributed by atoms with van der Waals surface area (Å²) in [7, 11) is 0. The molecule has 2 aromatic heterocycles. The van der Waals surface area contributed by atoms with Crippen LogP contribution in [-0.4, -0.2) is 14.8 Å². The van der Waals surface area contributed by atoms with Gasteiger partial charge in [-0.2, -0.15) is 5.10 Å². The highest BCUT2D eigenvalue weighted by molar-refractivity contribution is 6.30. The fourth-order valence-electron chi connectivity index (χ4n) is 1.71. The number of hydrogen-bond donors (Lipinski definition) is 1. The van der Waals surface area contributed by atoms with E-state index in [1.807, 2.05) is 48.7 Å². The number of rotatable bonds is 3. The first-order chi connectivity index (χ1) is 9.31. The SMILES string of the molecule is Clc1ccc(-n2ccc(Nc3cccnc3)n2)cc1. The zero-order valence-electron chi connectivity index (χ0n) is 9.99. The molecular weight excluding hydrogens is 260 g/mol. The summed E-state index contributed by atoms with van der Waals surface area (Å²) in [6.45, 7) is 0. The van der Waals surface area contributed by atoms with Gasteiger partial charge < -0.3 is 5.32 Å². The maximum absolute atomic E-state index is 5.86. The van der Waals surface area contributed by atoms with Crippen molar-refractivity contribution in [3.8, 4) is 5.69 Å². The molecule has 0 saturated carbocycles. The third-order valence-electron chi connectivity index (χ3n) is 2.61. The molecule has 0 aliphatic heterocycles. The minimum absolute atomic E-state index is 0.713. The zero-order valence-corrected chi connectivity index (χ0v) is 10.7. The van der Waals surface area contributed by atoms with Crippen molar-refractivity contribution < 1.29 is 0 Å². The van der Waals surface area contributed by atoms with E-state index in [1.165, 1.54) is 0 Å². The van der Waals surface area contributed by atoms with E-state index in [9.17, 15) is 0 Å². The predicted octanol–water partition coefficient (Wildman–Crippen LogP) is 3.66. The third kappa shape index (κ3) is 2.74. The van der Waals surface area contributed by atoms with Crippen molar-refractivity contribution in [2.45, 2.75) is 0 Å². The van der Waals surface area contributed by atoms with Crippen molar-refractivity contribution in [2.24, 2.45) is 0 Å². The molecule has 0 radical (unpaired) electrons. The van der Waals surface area contributed by atoms with Crippen molar-refractivity contribution in [1.29, 1.82) is 0 Å². The van der Waals surface area contributed by atoms with Gasteiger partial charge in [-0.3, -0.25) is 4.98 Å². The summed E-state index contributed by atoms with van der Waals surface area (Å²) < 4.78 is 1.79. The standard InChI is InChI=1S/C14H11ClN4/c15-11-3-5-13(6-4-11)19-9-7-14(18-19)17-12-2-1-8-16-10-12/h1-10H,(H,17,18). The molecular formula is C14H11ClN4. The number of nitrogens with one attached hydrogen (secondary N) is 1. The van der Waals surface area contributed by atoms with E-state index < -0.39 is 0 Å². The number of aromatic nitrogens is 3. The van der Waals surface area contributed by atoms with Gasteiger partial charge in [0, 0.05) is 23.5 Å². The quantitative estimate of drug-likeness (QED) is 0.790. The lowest BCUT2D eigenvalue weighted by Gasteiger charge is -2.02. The van der Waals surface area contributed by atoms with Crippen LogP contribution in [0.1, 0.15) is 0 Å². The summed E-state index contributed by atoms with van der Waals surface area (Å²) in [5, 5.41) is 8.34. The molecule has 1 aromatic carbocycles. The van der Waals surface area contributed by atoms with Gasteiger partial charge >= 0.3 is 0 Å². The lowest BCUT2D eigenvalue weighted by Crippen LogP contribution is -1.96. The molecule has 1 N–H and O–H groups in total. The second kappa shape index (κ2) is 5.12. The molecule has 3 aromatic rings. The van der Waals surface area contributed by atoms with Crippen LogP contribution in [-0.2, 0) is 0 Å². The van der Waals surface area contributed by atoms with Crippen LogP contribution in [0.4, 0.5) is 11.5 Å². The molecule has 0 atom stereocenters. The number of halogens is 1. The highest BCUT2D eigenvalue weighted by atomic mass is 35.5. The van der Waals surface area contributed by atoms with E-state index in [2.05, 4.69) is 15.4 Å². The van der Waals surface area contributed by atoms with Gasteiger partial charge in [0.15, 0.2) is 5.82 Å². The van der Waals surface area contributed by atoms with Gasteiger partial charge in [0.05, 0.1) is 17.6 Å². The fourth-order valence-corrected chi connectivity index (χ4v) is 1.84. The number of pyridine rings is 1. The molecule has 0 spiro atoms. The van der Waals surface area contributed by atoms with Crippen molar-refractivity contribution in [1.82, 2.24) is 14.8 Å². The first-order valence-electron chi connectivity index (χ1n) is 5.80. The normalized spacial score (nSPS) is 10.4. The number of hydrogen-bond acceptors (Lipinski definition) is 3. The van der Waals surface area contributed by atoms with Crippen LogP contribution in [0.2, 0.25) is 5.02 Å². The number of benzene rings is 1. The molecule has 0 bridgehead atoms. The minimum Gasteiger partial charge on any atom is -0.337 e. The van der Waals surface area contributed by atoms with Crippen LogP contribution in [0.5, 0.6) is 0 Å². The van der Waals surface area contributed by atoms with Gasteiger partial charge in [-0.05, 0) is 36.4 Å². The fraction of sp³-hybridized carbons (Fsp3) is 0. The molecule has 94 valence electrons. The maximum atomic E-state index is 5.86. The lowest BCUT2D eigenvalue weighted by molar-refractivity contribution is 0.884. The monoisotopic (exact) mass is 270 g/mol. The minimum atomic E-state index is 0.713. The van der Waals surface area contributed by atoms with Crippen molar-refractivity contribution in [3.05, 3.63) is 66.1 Å². The Kier molecular flexibility index (Phi) is 3.16. The van der Waals surface area contributed by atoms with Gasteiger partial charge in [-0.15, -0.1) is 0 Å². The summed E-state index contributed by atoms with van der Waals surface area (Å²) in [5.41, 5.74) is 1.87. The Labute approximate surface area is 115 Å². The molecule has 0 saturated heterocycles. The zero-order chi connectivity index (χ0) is 13.1. The summed E-state index contributed by atoms with van der Waals surface area (Å²) in [6.07, 6.45) is 5.38. The second-order valence-corrected chi connectivity index (χ2v) is 4.43. The molecule has 0 amide bonds. The molecule has 0 aliphatic carbocycles. The first kappa shape index (κ1) is 11.7. The van der Waals surface area contributed by atoms with Crippen LogP contribution in [0.3, 0.4) is 0 Å². The summed E-state index contributed by atoms with van der Waals surface area (Å²) in [5.74, 6) is 0.767. The lowest BCUT2D eigenvalue weighted by atomic mass is 10.3. The van der Waals surface area contributed by atoms with Crippen molar-refractivity contribution in [3.63, 3.8) is 0 Å². The smallest absolute Gasteiger partial charge is 0.152 e. The van der Waals surface area contributed by atoms with Crippen LogP contribution < -0.4 is 5.32 Å². The van der Waals surface area contributed by atoms with Gasteiger partial charge in [-0.1, -0.05) is 11.6 Å². The average Bonchev–Trinajstić information content (AvgIpc) is 2.89. The van der Waals surface area contributed by atoms with E-state index in [4.69, 9.17) is 11.6 Å². The maximum Gasteiger partial charge on any atom is 0.152 e. The third-order valence-corrected chi connectivity index (χ3v) is 2.87. The van der Waals surface area contributed by atoms with Crippen molar-refractivity contribution >= 4 is 23.1 Å². The Morgan fingerprint density at radius 1 is 1.05 bits per heavy atom. The molecule has 2 heterocycles. The highest BCUT2D eigenvalue weighted by Gasteiger charge is 2.01. The van der Waals surface area contributed by atoms with E-state index in [0.29, 0.717) is 5.02 Å². The number of nitrogens with zero attached hydrogens (tertiary/aromatic N) is 3. The Hall–Kier alpha value is -2.33. The Morgan fingerprint density at radius 2 is 1.89 bits per heavy atom. The van der Waals surface area contributed by atoms with E-state index in [1.54, 1.807) is 17.1 Å². The molecule has 0 unspecified atom stereocenters. The van der Waals surface area contributed by atoms with Gasteiger partial charge in [-0.25, -0.2) is 4.68 Å². The molecule has 5 heteroatoms. The van der Waals surface area contributed by atoms with E-state index in [0.717, 1.165) is 17.2 Å². The molecule has 19 heavy (non-hydrogen) atoms. The van der Waals surface area contributed by atoms with Crippen molar-refractivity contribution in [2.75, 3.05) is 5.32 Å². The largest absolute Gasteiger partial charge is 0.337 e. The number of anilines is 2. The van der Waals surface area contributed by atoms with Crippen LogP contribution in [0.25, 0.3) is 5.69 Å². The molecule has 3 rings (SSSR count). The van der Waals surface area contributed by atoms with Gasteiger partial charge in [0.2, 0.25) is 0 Å². The van der Waals surface area contributed by atoms with Crippen LogP contribution >= 0.6 is 11.6 Å².